The molecule has 1 atom stereocenters. The normalized spacial score (nSPS) is 12.6. The van der Waals surface area contributed by atoms with Crippen LogP contribution in [0, 0.1) is 0 Å². The van der Waals surface area contributed by atoms with Gasteiger partial charge >= 0.3 is 0 Å². The molecule has 4 heteroatoms. The molecular weight excluding hydrogens is 256 g/mol. The van der Waals surface area contributed by atoms with E-state index in [4.69, 9.17) is 4.74 Å². The molecule has 1 heterocycles. The molecule has 0 aliphatic heterocycles. The van der Waals surface area contributed by atoms with E-state index in [1.807, 2.05) is 23.7 Å². The quantitative estimate of drug-likeness (QED) is 0.808. The van der Waals surface area contributed by atoms with Crippen LogP contribution < -0.4 is 4.74 Å². The van der Waals surface area contributed by atoms with Gasteiger partial charge in [0.05, 0.1) is 12.1 Å². The predicted molar refractivity (Wildman–Crippen MR) is 79.9 cm³/mol. The van der Waals surface area contributed by atoms with Gasteiger partial charge in [-0.1, -0.05) is 19.1 Å². The van der Waals surface area contributed by atoms with E-state index < -0.39 is 0 Å². The minimum atomic E-state index is 0.468. The Labute approximate surface area is 118 Å². The lowest BCUT2D eigenvalue weighted by Gasteiger charge is -2.20. The molecular formula is C15H20N2OS. The summed E-state index contributed by atoms with van der Waals surface area (Å²) in [5, 5.41) is 3.24. The summed E-state index contributed by atoms with van der Waals surface area (Å²) in [5.41, 5.74) is 1.27. The summed E-state index contributed by atoms with van der Waals surface area (Å²) in [6, 6.07) is 8.23. The van der Waals surface area contributed by atoms with Gasteiger partial charge in [-0.15, -0.1) is 11.3 Å². The number of hydrogen-bond acceptors (Lipinski definition) is 4. The van der Waals surface area contributed by atoms with Crippen LogP contribution in [0.4, 0.5) is 0 Å². The van der Waals surface area contributed by atoms with Crippen molar-refractivity contribution < 1.29 is 4.74 Å². The lowest BCUT2D eigenvalue weighted by Crippen LogP contribution is -2.23. The predicted octanol–water partition coefficient (Wildman–Crippen LogP) is 3.39. The maximum Gasteiger partial charge on any atom is 0.119 e. The van der Waals surface area contributed by atoms with Gasteiger partial charge in [-0.25, -0.2) is 4.98 Å². The van der Waals surface area contributed by atoms with Crippen molar-refractivity contribution in [1.29, 1.82) is 0 Å². The Hall–Kier alpha value is -1.39. The zero-order valence-corrected chi connectivity index (χ0v) is 12.5. The molecule has 0 saturated carbocycles. The second-order valence-electron chi connectivity index (χ2n) is 4.82. The van der Waals surface area contributed by atoms with Crippen molar-refractivity contribution in [3.8, 4) is 5.75 Å². The monoisotopic (exact) mass is 276 g/mol. The van der Waals surface area contributed by atoms with Crippen LogP contribution in [0.3, 0.4) is 0 Å². The Morgan fingerprint density at radius 1 is 1.42 bits per heavy atom. The molecule has 0 fully saturated rings. The van der Waals surface area contributed by atoms with E-state index in [9.17, 15) is 0 Å². The van der Waals surface area contributed by atoms with Gasteiger partial charge in [0.15, 0.2) is 0 Å². The van der Waals surface area contributed by atoms with Crippen molar-refractivity contribution in [2.45, 2.75) is 19.4 Å². The average Bonchev–Trinajstić information content (AvgIpc) is 2.92. The largest absolute Gasteiger partial charge is 0.497 e. The smallest absolute Gasteiger partial charge is 0.119 e. The highest BCUT2D eigenvalue weighted by Crippen LogP contribution is 2.20. The van der Waals surface area contributed by atoms with Gasteiger partial charge in [-0.2, -0.15) is 0 Å². The third-order valence-electron chi connectivity index (χ3n) is 3.05. The molecule has 0 aliphatic carbocycles. The molecule has 0 saturated heterocycles. The zero-order chi connectivity index (χ0) is 13.7. The van der Waals surface area contributed by atoms with Crippen molar-refractivity contribution in [3.05, 3.63) is 46.4 Å². The van der Waals surface area contributed by atoms with Crippen molar-refractivity contribution >= 4 is 11.3 Å². The van der Waals surface area contributed by atoms with Gasteiger partial charge in [-0.05, 0) is 24.7 Å². The van der Waals surface area contributed by atoms with Crippen LogP contribution in [-0.4, -0.2) is 30.6 Å². The second-order valence-corrected chi connectivity index (χ2v) is 5.75. The van der Waals surface area contributed by atoms with Gasteiger partial charge < -0.3 is 9.64 Å². The van der Waals surface area contributed by atoms with Crippen LogP contribution >= 0.6 is 11.3 Å². The first-order valence-corrected chi connectivity index (χ1v) is 7.28. The van der Waals surface area contributed by atoms with Gasteiger partial charge in [0.1, 0.15) is 5.75 Å². The molecule has 0 spiro atoms. The highest BCUT2D eigenvalue weighted by molar-refractivity contribution is 7.09. The van der Waals surface area contributed by atoms with E-state index in [0.717, 1.165) is 18.8 Å². The molecule has 0 amide bonds. The SMILES string of the molecule is COc1cccc(CN(C)C[C@@H](C)c2nccs2)c1. The fraction of sp³-hybridized carbons (Fsp3) is 0.400. The van der Waals surface area contributed by atoms with Crippen LogP contribution in [-0.2, 0) is 6.54 Å². The molecule has 2 rings (SSSR count). The van der Waals surface area contributed by atoms with E-state index in [2.05, 4.69) is 36.0 Å². The topological polar surface area (TPSA) is 25.4 Å². The molecule has 3 nitrogen and oxygen atoms in total. The van der Waals surface area contributed by atoms with E-state index in [1.54, 1.807) is 18.4 Å². The Kier molecular flexibility index (Phi) is 4.93. The summed E-state index contributed by atoms with van der Waals surface area (Å²) in [4.78, 5) is 6.70. The molecule has 102 valence electrons. The maximum atomic E-state index is 5.25. The zero-order valence-electron chi connectivity index (χ0n) is 11.7. The van der Waals surface area contributed by atoms with Crippen LogP contribution in [0.5, 0.6) is 5.75 Å². The minimum Gasteiger partial charge on any atom is -0.497 e. The Morgan fingerprint density at radius 2 is 2.26 bits per heavy atom. The molecule has 0 radical (unpaired) electrons. The Balaban J connectivity index is 1.91. The van der Waals surface area contributed by atoms with Gasteiger partial charge in [0.25, 0.3) is 0 Å². The first kappa shape index (κ1) is 14.0. The second kappa shape index (κ2) is 6.68. The van der Waals surface area contributed by atoms with Crippen LogP contribution in [0.2, 0.25) is 0 Å². The number of ether oxygens (including phenoxy) is 1. The third-order valence-corrected chi connectivity index (χ3v) is 4.05. The number of thiazole rings is 1. The molecule has 0 unspecified atom stereocenters. The fourth-order valence-corrected chi connectivity index (χ4v) is 2.86. The van der Waals surface area contributed by atoms with Gasteiger partial charge in [-0.3, -0.25) is 0 Å². The highest BCUT2D eigenvalue weighted by Gasteiger charge is 2.11. The molecule has 0 bridgehead atoms. The van der Waals surface area contributed by atoms with Crippen molar-refractivity contribution in [3.63, 3.8) is 0 Å². The summed E-state index contributed by atoms with van der Waals surface area (Å²) in [7, 11) is 3.84. The average molecular weight is 276 g/mol. The van der Waals surface area contributed by atoms with Gasteiger partial charge in [0.2, 0.25) is 0 Å². The van der Waals surface area contributed by atoms with Crippen molar-refractivity contribution in [2.24, 2.45) is 0 Å². The first-order chi connectivity index (χ1) is 9.19. The lowest BCUT2D eigenvalue weighted by atomic mass is 10.1. The van der Waals surface area contributed by atoms with E-state index in [-0.39, 0.29) is 0 Å². The number of likely N-dealkylation sites (N-methyl/N-ethyl adjacent to an activating group) is 1. The number of benzene rings is 1. The standard InChI is InChI=1S/C15H20N2OS/c1-12(15-16-7-8-19-15)10-17(2)11-13-5-4-6-14(9-13)18-3/h4-9,12H,10-11H2,1-3H3/t12-/m1/s1. The number of aromatic nitrogens is 1. The maximum absolute atomic E-state index is 5.25. The first-order valence-electron chi connectivity index (χ1n) is 6.40. The lowest BCUT2D eigenvalue weighted by molar-refractivity contribution is 0.308. The fourth-order valence-electron chi connectivity index (χ4n) is 2.17. The Bertz CT molecular complexity index is 499. The third kappa shape index (κ3) is 4.04. The summed E-state index contributed by atoms with van der Waals surface area (Å²) in [6.45, 7) is 4.15. The van der Waals surface area contributed by atoms with E-state index in [1.165, 1.54) is 10.6 Å². The van der Waals surface area contributed by atoms with Crippen LogP contribution in [0.15, 0.2) is 35.8 Å². The van der Waals surface area contributed by atoms with E-state index in [0.29, 0.717) is 5.92 Å². The molecule has 0 aliphatic rings. The summed E-state index contributed by atoms with van der Waals surface area (Å²) in [6.07, 6.45) is 1.87. The highest BCUT2D eigenvalue weighted by atomic mass is 32.1. The number of rotatable bonds is 6. The van der Waals surface area contributed by atoms with Crippen LogP contribution in [0.25, 0.3) is 0 Å². The Morgan fingerprint density at radius 3 is 2.95 bits per heavy atom. The number of nitrogens with zero attached hydrogens (tertiary/aromatic N) is 2. The molecule has 19 heavy (non-hydrogen) atoms. The summed E-state index contributed by atoms with van der Waals surface area (Å²) >= 11 is 1.73. The summed E-state index contributed by atoms with van der Waals surface area (Å²) < 4.78 is 5.25. The van der Waals surface area contributed by atoms with E-state index >= 15 is 0 Å². The van der Waals surface area contributed by atoms with Crippen molar-refractivity contribution in [2.75, 3.05) is 20.7 Å². The number of hydrogen-bond donors (Lipinski definition) is 0. The van der Waals surface area contributed by atoms with Gasteiger partial charge in [0, 0.05) is 30.6 Å². The molecule has 1 aromatic carbocycles. The minimum absolute atomic E-state index is 0.468. The molecule has 1 aromatic heterocycles. The molecule has 2 aromatic rings. The molecule has 0 N–H and O–H groups in total. The summed E-state index contributed by atoms with van der Waals surface area (Å²) in [5.74, 6) is 1.38. The van der Waals surface area contributed by atoms with Crippen molar-refractivity contribution in [1.82, 2.24) is 9.88 Å². The van der Waals surface area contributed by atoms with Crippen LogP contribution in [0.1, 0.15) is 23.4 Å². The number of methoxy groups -OCH3 is 1.